The Balaban J connectivity index is 2.89. The number of benzene rings is 1. The van der Waals surface area contributed by atoms with Crippen LogP contribution >= 0.6 is 12.6 Å². The van der Waals surface area contributed by atoms with Gasteiger partial charge < -0.3 is 10.4 Å². The number of carboxylic acid groups (broad SMARTS) is 1. The first-order valence-electron chi connectivity index (χ1n) is 4.80. The standard InChI is InChI=1S/C11H13NO3S/c1-7(6-16)10(13)12-9-5-3-2-4-8(9)11(14)15/h2-5,7,16H,6H2,1H3,(H,12,13)(H,14,15). The smallest absolute Gasteiger partial charge is 0.337 e. The molecule has 0 aliphatic heterocycles. The number of thiol groups is 1. The zero-order chi connectivity index (χ0) is 12.1. The summed E-state index contributed by atoms with van der Waals surface area (Å²) in [5.74, 6) is -1.13. The van der Waals surface area contributed by atoms with Crippen LogP contribution in [0.4, 0.5) is 5.69 Å². The number of hydrogen-bond acceptors (Lipinski definition) is 3. The zero-order valence-corrected chi connectivity index (χ0v) is 9.70. The number of rotatable bonds is 4. The maximum Gasteiger partial charge on any atom is 0.337 e. The van der Waals surface area contributed by atoms with Gasteiger partial charge in [0.15, 0.2) is 0 Å². The normalized spacial score (nSPS) is 11.9. The van der Waals surface area contributed by atoms with Crippen LogP contribution in [0.5, 0.6) is 0 Å². The van der Waals surface area contributed by atoms with Gasteiger partial charge in [0.1, 0.15) is 0 Å². The van der Waals surface area contributed by atoms with Crippen molar-refractivity contribution in [3.63, 3.8) is 0 Å². The second kappa shape index (κ2) is 5.55. The van der Waals surface area contributed by atoms with Crippen LogP contribution in [0.1, 0.15) is 17.3 Å². The van der Waals surface area contributed by atoms with E-state index in [1.54, 1.807) is 25.1 Å². The highest BCUT2D eigenvalue weighted by Gasteiger charge is 2.15. The molecule has 1 amide bonds. The Bertz CT molecular complexity index is 406. The van der Waals surface area contributed by atoms with E-state index in [1.165, 1.54) is 6.07 Å². The molecule has 1 unspecified atom stereocenters. The third-order valence-corrected chi connectivity index (χ3v) is 2.68. The average Bonchev–Trinajstić information content (AvgIpc) is 2.28. The number of carbonyl (C=O) groups is 2. The monoisotopic (exact) mass is 239 g/mol. The van der Waals surface area contributed by atoms with Crippen molar-refractivity contribution < 1.29 is 14.7 Å². The molecule has 0 spiro atoms. The lowest BCUT2D eigenvalue weighted by atomic mass is 10.1. The van der Waals surface area contributed by atoms with Gasteiger partial charge in [-0.25, -0.2) is 4.79 Å². The summed E-state index contributed by atoms with van der Waals surface area (Å²) in [7, 11) is 0. The van der Waals surface area contributed by atoms with Gasteiger partial charge in [-0.2, -0.15) is 12.6 Å². The van der Waals surface area contributed by atoms with Gasteiger partial charge in [-0.15, -0.1) is 0 Å². The average molecular weight is 239 g/mol. The third kappa shape index (κ3) is 3.00. The van der Waals surface area contributed by atoms with E-state index in [0.717, 1.165) is 0 Å². The van der Waals surface area contributed by atoms with E-state index in [2.05, 4.69) is 17.9 Å². The molecule has 0 aliphatic rings. The quantitative estimate of drug-likeness (QED) is 0.703. The Labute approximate surface area is 99.1 Å². The highest BCUT2D eigenvalue weighted by molar-refractivity contribution is 7.80. The minimum absolute atomic E-state index is 0.0854. The van der Waals surface area contributed by atoms with Crippen LogP contribution in [-0.2, 0) is 4.79 Å². The van der Waals surface area contributed by atoms with Crippen molar-refractivity contribution in [1.29, 1.82) is 0 Å². The third-order valence-electron chi connectivity index (χ3n) is 2.14. The zero-order valence-electron chi connectivity index (χ0n) is 8.80. The summed E-state index contributed by atoms with van der Waals surface area (Å²) in [4.78, 5) is 22.4. The number of amides is 1. The fraction of sp³-hybridized carbons (Fsp3) is 0.273. The number of para-hydroxylation sites is 1. The molecule has 2 N–H and O–H groups in total. The molecule has 0 aliphatic carbocycles. The summed E-state index contributed by atoms with van der Waals surface area (Å²) >= 11 is 4.01. The van der Waals surface area contributed by atoms with E-state index >= 15 is 0 Å². The summed E-state index contributed by atoms with van der Waals surface area (Å²) in [6.45, 7) is 1.73. The number of nitrogens with one attached hydrogen (secondary N) is 1. The largest absolute Gasteiger partial charge is 0.478 e. The lowest BCUT2D eigenvalue weighted by molar-refractivity contribution is -0.118. The molecule has 5 heteroatoms. The summed E-state index contributed by atoms with van der Waals surface area (Å²) in [5, 5.41) is 11.5. The van der Waals surface area contributed by atoms with Gasteiger partial charge in [-0.05, 0) is 12.1 Å². The predicted molar refractivity (Wildman–Crippen MR) is 65.0 cm³/mol. The molecule has 1 rings (SSSR count). The van der Waals surface area contributed by atoms with Crippen molar-refractivity contribution in [2.75, 3.05) is 11.1 Å². The van der Waals surface area contributed by atoms with E-state index < -0.39 is 5.97 Å². The van der Waals surface area contributed by atoms with Crippen molar-refractivity contribution in [2.24, 2.45) is 5.92 Å². The van der Waals surface area contributed by atoms with Crippen molar-refractivity contribution in [3.05, 3.63) is 29.8 Å². The van der Waals surface area contributed by atoms with Gasteiger partial charge in [-0.3, -0.25) is 4.79 Å². The molecule has 1 aromatic carbocycles. The second-order valence-corrected chi connectivity index (χ2v) is 3.79. The molecule has 0 heterocycles. The van der Waals surface area contributed by atoms with Gasteiger partial charge in [0.05, 0.1) is 11.3 Å². The lowest BCUT2D eigenvalue weighted by Gasteiger charge is -2.11. The molecule has 0 saturated carbocycles. The van der Waals surface area contributed by atoms with Gasteiger partial charge in [-0.1, -0.05) is 19.1 Å². The Hall–Kier alpha value is -1.49. The van der Waals surface area contributed by atoms with Gasteiger partial charge in [0.2, 0.25) is 5.91 Å². The van der Waals surface area contributed by atoms with Gasteiger partial charge >= 0.3 is 5.97 Å². The molecule has 0 radical (unpaired) electrons. The van der Waals surface area contributed by atoms with E-state index in [0.29, 0.717) is 11.4 Å². The van der Waals surface area contributed by atoms with E-state index in [1.807, 2.05) is 0 Å². The topological polar surface area (TPSA) is 66.4 Å². The minimum Gasteiger partial charge on any atom is -0.478 e. The fourth-order valence-corrected chi connectivity index (χ4v) is 1.28. The number of hydrogen-bond donors (Lipinski definition) is 3. The first kappa shape index (κ1) is 12.6. The molecule has 16 heavy (non-hydrogen) atoms. The summed E-state index contributed by atoms with van der Waals surface area (Å²) < 4.78 is 0. The van der Waals surface area contributed by atoms with Gasteiger partial charge in [0, 0.05) is 11.7 Å². The Kier molecular flexibility index (Phi) is 4.37. The molecule has 0 bridgehead atoms. The summed E-state index contributed by atoms with van der Waals surface area (Å²) in [5.41, 5.74) is 0.399. The number of carboxylic acids is 1. The number of aromatic carboxylic acids is 1. The van der Waals surface area contributed by atoms with Crippen LogP contribution in [0.2, 0.25) is 0 Å². The van der Waals surface area contributed by atoms with E-state index in [-0.39, 0.29) is 17.4 Å². The van der Waals surface area contributed by atoms with Crippen molar-refractivity contribution in [2.45, 2.75) is 6.92 Å². The predicted octanol–water partition coefficient (Wildman–Crippen LogP) is 1.89. The molecular formula is C11H13NO3S. The molecule has 4 nitrogen and oxygen atoms in total. The van der Waals surface area contributed by atoms with Crippen LogP contribution in [0.25, 0.3) is 0 Å². The van der Waals surface area contributed by atoms with Crippen LogP contribution in [-0.4, -0.2) is 22.7 Å². The molecule has 1 atom stereocenters. The highest BCUT2D eigenvalue weighted by atomic mass is 32.1. The number of anilines is 1. The molecular weight excluding hydrogens is 226 g/mol. The van der Waals surface area contributed by atoms with E-state index in [9.17, 15) is 9.59 Å². The molecule has 0 saturated heterocycles. The Morgan fingerprint density at radius 3 is 2.62 bits per heavy atom. The van der Waals surface area contributed by atoms with E-state index in [4.69, 9.17) is 5.11 Å². The summed E-state index contributed by atoms with van der Waals surface area (Å²) in [6, 6.07) is 6.30. The van der Waals surface area contributed by atoms with Crippen LogP contribution < -0.4 is 5.32 Å². The molecule has 1 aromatic rings. The Morgan fingerprint density at radius 1 is 1.44 bits per heavy atom. The first-order valence-corrected chi connectivity index (χ1v) is 5.43. The van der Waals surface area contributed by atoms with Crippen LogP contribution in [0.15, 0.2) is 24.3 Å². The van der Waals surface area contributed by atoms with Crippen LogP contribution in [0.3, 0.4) is 0 Å². The first-order chi connectivity index (χ1) is 7.56. The fourth-order valence-electron chi connectivity index (χ4n) is 1.12. The number of carbonyl (C=O) groups excluding carboxylic acids is 1. The second-order valence-electron chi connectivity index (χ2n) is 3.42. The SMILES string of the molecule is CC(CS)C(=O)Nc1ccccc1C(=O)O. The molecule has 0 aromatic heterocycles. The summed E-state index contributed by atoms with van der Waals surface area (Å²) in [6.07, 6.45) is 0. The van der Waals surface area contributed by atoms with Crippen molar-refractivity contribution in [3.8, 4) is 0 Å². The van der Waals surface area contributed by atoms with Gasteiger partial charge in [0.25, 0.3) is 0 Å². The highest BCUT2D eigenvalue weighted by Crippen LogP contribution is 2.16. The van der Waals surface area contributed by atoms with Crippen molar-refractivity contribution >= 4 is 30.2 Å². The van der Waals surface area contributed by atoms with Crippen molar-refractivity contribution in [1.82, 2.24) is 0 Å². The molecule has 0 fully saturated rings. The maximum absolute atomic E-state index is 11.6. The van der Waals surface area contributed by atoms with Crippen LogP contribution in [0, 0.1) is 5.92 Å². The molecule has 86 valence electrons. The maximum atomic E-state index is 11.6. The lowest BCUT2D eigenvalue weighted by Crippen LogP contribution is -2.22. The Morgan fingerprint density at radius 2 is 2.06 bits per heavy atom. The minimum atomic E-state index is -1.06.